The second-order valence-corrected chi connectivity index (χ2v) is 8.63. The molecule has 4 heteroatoms. The maximum absolute atomic E-state index is 9.22. The highest BCUT2D eigenvalue weighted by atomic mass is 28.4. The third kappa shape index (κ3) is 7.50. The molecule has 0 fully saturated rings. The zero-order chi connectivity index (χ0) is 11.0. The molecule has 0 saturated carbocycles. The van der Waals surface area contributed by atoms with Gasteiger partial charge in [0.1, 0.15) is 0 Å². The molecule has 0 aliphatic rings. The number of aliphatic hydroxyl groups excluding tert-OH is 1. The molecule has 0 spiro atoms. The molecule has 0 aromatic heterocycles. The summed E-state index contributed by atoms with van der Waals surface area (Å²) in [5, 5.41) is 9.22. The van der Waals surface area contributed by atoms with E-state index in [9.17, 15) is 5.11 Å². The van der Waals surface area contributed by atoms with Crippen LogP contribution >= 0.6 is 0 Å². The minimum absolute atomic E-state index is 0.303. The normalized spacial score (nSPS) is 14.4. The molecule has 1 N–H and O–H groups in total. The van der Waals surface area contributed by atoms with E-state index in [0.717, 1.165) is 25.5 Å². The first kappa shape index (κ1) is 14.1. The molecule has 86 valence electrons. The van der Waals surface area contributed by atoms with Crippen LogP contribution in [0.15, 0.2) is 0 Å². The molecule has 0 aromatic carbocycles. The topological polar surface area (TPSA) is 38.7 Å². The number of hydrogen-bond donors (Lipinski definition) is 1. The average Bonchev–Trinajstić information content (AvgIpc) is 2.17. The highest BCUT2D eigenvalue weighted by Crippen LogP contribution is 2.12. The van der Waals surface area contributed by atoms with Crippen LogP contribution in [0.5, 0.6) is 0 Å². The van der Waals surface area contributed by atoms with Gasteiger partial charge in [-0.3, -0.25) is 0 Å². The Morgan fingerprint density at radius 2 is 2.00 bits per heavy atom. The first-order valence-electron chi connectivity index (χ1n) is 5.33. The highest BCUT2D eigenvalue weighted by molar-refractivity contribution is 6.71. The highest BCUT2D eigenvalue weighted by Gasteiger charge is 2.19. The minimum Gasteiger partial charge on any atom is -0.420 e. The van der Waals surface area contributed by atoms with Crippen LogP contribution < -0.4 is 0 Å². The Morgan fingerprint density at radius 3 is 2.50 bits per heavy atom. The molecule has 0 aromatic rings. The van der Waals surface area contributed by atoms with Crippen molar-refractivity contribution in [2.24, 2.45) is 0 Å². The van der Waals surface area contributed by atoms with E-state index >= 15 is 0 Å². The summed E-state index contributed by atoms with van der Waals surface area (Å²) in [6.07, 6.45) is 1.49. The summed E-state index contributed by atoms with van der Waals surface area (Å²) < 4.78 is 10.8. The van der Waals surface area contributed by atoms with Gasteiger partial charge in [-0.05, 0) is 32.0 Å². The molecule has 0 rings (SSSR count). The smallest absolute Gasteiger partial charge is 0.186 e. The minimum atomic E-state index is -1.41. The van der Waals surface area contributed by atoms with Crippen molar-refractivity contribution in [2.75, 3.05) is 20.3 Å². The van der Waals surface area contributed by atoms with Crippen LogP contribution in [0.3, 0.4) is 0 Å². The van der Waals surface area contributed by atoms with E-state index in [0.29, 0.717) is 6.61 Å². The number of aliphatic hydroxyl groups is 1. The summed E-state index contributed by atoms with van der Waals surface area (Å²) in [7, 11) is 0.380. The van der Waals surface area contributed by atoms with E-state index in [1.54, 1.807) is 7.11 Å². The van der Waals surface area contributed by atoms with E-state index < -0.39 is 8.32 Å². The summed E-state index contributed by atoms with van der Waals surface area (Å²) >= 11 is 0. The molecule has 3 nitrogen and oxygen atoms in total. The zero-order valence-electron chi connectivity index (χ0n) is 9.88. The predicted octanol–water partition coefficient (Wildman–Crippen LogP) is 2.02. The van der Waals surface area contributed by atoms with Crippen LogP contribution in [0.1, 0.15) is 19.8 Å². The van der Waals surface area contributed by atoms with E-state index in [1.807, 2.05) is 6.92 Å². The number of hydrogen-bond acceptors (Lipinski definition) is 3. The molecule has 0 radical (unpaired) electrons. The monoisotopic (exact) mass is 220 g/mol. The van der Waals surface area contributed by atoms with Gasteiger partial charge in [0, 0.05) is 13.7 Å². The van der Waals surface area contributed by atoms with Crippen molar-refractivity contribution in [2.45, 2.75) is 45.0 Å². The maximum Gasteiger partial charge on any atom is 0.186 e. The lowest BCUT2D eigenvalue weighted by atomic mass is 10.3. The Kier molecular flexibility index (Phi) is 7.45. The van der Waals surface area contributed by atoms with Crippen LogP contribution in [0.4, 0.5) is 0 Å². The van der Waals surface area contributed by atoms with Crippen LogP contribution in [0, 0.1) is 0 Å². The Balaban J connectivity index is 3.30. The fourth-order valence-electron chi connectivity index (χ4n) is 1.04. The van der Waals surface area contributed by atoms with E-state index in [-0.39, 0.29) is 6.10 Å². The van der Waals surface area contributed by atoms with Crippen LogP contribution in [0.25, 0.3) is 0 Å². The molecule has 1 unspecified atom stereocenters. The summed E-state index contributed by atoms with van der Waals surface area (Å²) in [5.74, 6) is 0. The quantitative estimate of drug-likeness (QED) is 0.502. The van der Waals surface area contributed by atoms with Gasteiger partial charge < -0.3 is 14.3 Å². The van der Waals surface area contributed by atoms with Gasteiger partial charge in [0.05, 0.1) is 12.7 Å². The van der Waals surface area contributed by atoms with Crippen LogP contribution in [-0.4, -0.2) is 39.9 Å². The van der Waals surface area contributed by atoms with Crippen LogP contribution in [0.2, 0.25) is 19.1 Å². The fraction of sp³-hybridized carbons (Fsp3) is 1.00. The van der Waals surface area contributed by atoms with Gasteiger partial charge in [-0.2, -0.15) is 0 Å². The van der Waals surface area contributed by atoms with Crippen molar-refractivity contribution in [1.82, 2.24) is 0 Å². The first-order valence-corrected chi connectivity index (χ1v) is 8.44. The summed E-state index contributed by atoms with van der Waals surface area (Å²) in [5.41, 5.74) is 0. The molecule has 0 amide bonds. The van der Waals surface area contributed by atoms with Crippen molar-refractivity contribution < 1.29 is 14.3 Å². The van der Waals surface area contributed by atoms with Gasteiger partial charge in [0.15, 0.2) is 8.32 Å². The fourth-order valence-corrected chi connectivity index (χ4v) is 2.24. The molecule has 0 aliphatic heterocycles. The van der Waals surface area contributed by atoms with Crippen molar-refractivity contribution in [3.8, 4) is 0 Å². The lowest BCUT2D eigenvalue weighted by Crippen LogP contribution is -2.28. The zero-order valence-corrected chi connectivity index (χ0v) is 10.9. The van der Waals surface area contributed by atoms with Crippen LogP contribution in [-0.2, 0) is 9.16 Å². The Hall–Kier alpha value is 0.0969. The van der Waals surface area contributed by atoms with Gasteiger partial charge >= 0.3 is 0 Å². The van der Waals surface area contributed by atoms with Crippen molar-refractivity contribution in [3.05, 3.63) is 0 Å². The van der Waals surface area contributed by atoms with Gasteiger partial charge in [-0.15, -0.1) is 0 Å². The molecule has 0 heterocycles. The molecule has 0 aliphatic carbocycles. The largest absolute Gasteiger partial charge is 0.420 e. The average molecular weight is 220 g/mol. The van der Waals surface area contributed by atoms with E-state index in [1.165, 1.54) is 0 Å². The molecular formula is C10H24O3Si. The second kappa shape index (κ2) is 7.40. The van der Waals surface area contributed by atoms with Crippen molar-refractivity contribution in [1.29, 1.82) is 0 Å². The molecule has 1 atom stereocenters. The van der Waals surface area contributed by atoms with Gasteiger partial charge in [-0.1, -0.05) is 6.92 Å². The van der Waals surface area contributed by atoms with Gasteiger partial charge in [-0.25, -0.2) is 0 Å². The number of rotatable bonds is 8. The predicted molar refractivity (Wildman–Crippen MR) is 61.0 cm³/mol. The molecule has 0 bridgehead atoms. The summed E-state index contributed by atoms with van der Waals surface area (Å²) in [6.45, 7) is 7.55. The summed E-state index contributed by atoms with van der Waals surface area (Å²) in [6, 6.07) is 1.12. The summed E-state index contributed by atoms with van der Waals surface area (Å²) in [4.78, 5) is 0. The molecular weight excluding hydrogens is 196 g/mol. The standard InChI is InChI=1S/C10H24O3Si/c1-5-10(11)9-13-7-6-8-14(3,4)12-2/h10-11H,5-9H2,1-4H3. The Bertz CT molecular complexity index is 139. The van der Waals surface area contributed by atoms with Crippen molar-refractivity contribution >= 4 is 8.32 Å². The Morgan fingerprint density at radius 1 is 1.36 bits per heavy atom. The Labute approximate surface area is 88.5 Å². The molecule has 14 heavy (non-hydrogen) atoms. The maximum atomic E-state index is 9.22. The van der Waals surface area contributed by atoms with E-state index in [2.05, 4.69) is 13.1 Å². The van der Waals surface area contributed by atoms with E-state index in [4.69, 9.17) is 9.16 Å². The lowest BCUT2D eigenvalue weighted by molar-refractivity contribution is 0.0351. The lowest BCUT2D eigenvalue weighted by Gasteiger charge is -2.19. The van der Waals surface area contributed by atoms with Crippen molar-refractivity contribution in [3.63, 3.8) is 0 Å². The first-order chi connectivity index (χ1) is 6.52. The third-order valence-electron chi connectivity index (χ3n) is 2.40. The third-order valence-corrected chi connectivity index (χ3v) is 5.06. The van der Waals surface area contributed by atoms with Gasteiger partial charge in [0.2, 0.25) is 0 Å². The second-order valence-electron chi connectivity index (χ2n) is 4.20. The SMILES string of the molecule is CCC(O)COCCC[Si](C)(C)OC. The van der Waals surface area contributed by atoms with Gasteiger partial charge in [0.25, 0.3) is 0 Å². The number of ether oxygens (including phenoxy) is 1. The molecule has 0 saturated heterocycles.